The maximum absolute atomic E-state index is 12.0. The summed E-state index contributed by atoms with van der Waals surface area (Å²) >= 11 is 1.53. The average molecular weight is 292 g/mol. The predicted octanol–water partition coefficient (Wildman–Crippen LogP) is 2.43. The number of anilines is 1. The minimum absolute atomic E-state index is 0.00741. The molecule has 0 bridgehead atoms. The summed E-state index contributed by atoms with van der Waals surface area (Å²) in [5, 5.41) is 2.94. The molecule has 0 radical (unpaired) electrons. The topological polar surface area (TPSA) is 49.4 Å². The molecule has 1 N–H and O–H groups in total. The number of hydrogen-bond acceptors (Lipinski definition) is 3. The number of amides is 2. The largest absolute Gasteiger partial charge is 0.352 e. The van der Waals surface area contributed by atoms with Crippen molar-refractivity contribution >= 4 is 29.3 Å². The molecule has 0 saturated carbocycles. The molecule has 5 heteroatoms. The standard InChI is InChI=1S/C15H20N2O2S/c1-3-6-11(2)16-14(18)9-17-12-7-4-5-8-13(12)20-10-15(17)19/h4-5,7-8,11H,3,6,9-10H2,1-2H3,(H,16,18). The summed E-state index contributed by atoms with van der Waals surface area (Å²) < 4.78 is 0. The molecule has 1 aromatic carbocycles. The van der Waals surface area contributed by atoms with Gasteiger partial charge in [-0.1, -0.05) is 25.5 Å². The van der Waals surface area contributed by atoms with E-state index in [1.807, 2.05) is 31.2 Å². The molecule has 0 aromatic heterocycles. The van der Waals surface area contributed by atoms with E-state index in [0.29, 0.717) is 5.75 Å². The first-order valence-electron chi connectivity index (χ1n) is 6.93. The highest BCUT2D eigenvalue weighted by atomic mass is 32.2. The van der Waals surface area contributed by atoms with Crippen LogP contribution in [-0.2, 0) is 9.59 Å². The van der Waals surface area contributed by atoms with Gasteiger partial charge in [0.15, 0.2) is 0 Å². The Kier molecular flexibility index (Phi) is 5.06. The second-order valence-electron chi connectivity index (χ2n) is 4.99. The van der Waals surface area contributed by atoms with Crippen molar-refractivity contribution in [3.8, 4) is 0 Å². The number of fused-ring (bicyclic) bond motifs is 1. The molecule has 0 spiro atoms. The lowest BCUT2D eigenvalue weighted by Gasteiger charge is -2.28. The van der Waals surface area contributed by atoms with E-state index in [1.54, 1.807) is 4.90 Å². The van der Waals surface area contributed by atoms with Gasteiger partial charge in [-0.05, 0) is 25.5 Å². The van der Waals surface area contributed by atoms with Gasteiger partial charge in [-0.2, -0.15) is 0 Å². The maximum atomic E-state index is 12.0. The lowest BCUT2D eigenvalue weighted by atomic mass is 10.2. The molecule has 1 aliphatic heterocycles. The molecule has 2 rings (SSSR count). The molecule has 0 fully saturated rings. The Morgan fingerprint density at radius 2 is 2.20 bits per heavy atom. The molecule has 0 saturated heterocycles. The molecule has 1 aliphatic rings. The predicted molar refractivity (Wildman–Crippen MR) is 82.0 cm³/mol. The van der Waals surface area contributed by atoms with Crippen LogP contribution in [0.15, 0.2) is 29.2 Å². The van der Waals surface area contributed by atoms with Gasteiger partial charge in [-0.15, -0.1) is 11.8 Å². The molecule has 2 amide bonds. The maximum Gasteiger partial charge on any atom is 0.240 e. The van der Waals surface area contributed by atoms with Crippen LogP contribution in [-0.4, -0.2) is 30.2 Å². The van der Waals surface area contributed by atoms with E-state index in [2.05, 4.69) is 12.2 Å². The summed E-state index contributed by atoms with van der Waals surface area (Å²) in [5.41, 5.74) is 0.840. The number of benzene rings is 1. The van der Waals surface area contributed by atoms with Crippen LogP contribution in [0.5, 0.6) is 0 Å². The third-order valence-corrected chi connectivity index (χ3v) is 4.29. The van der Waals surface area contributed by atoms with Crippen LogP contribution in [0, 0.1) is 0 Å². The van der Waals surface area contributed by atoms with Gasteiger partial charge in [0.2, 0.25) is 11.8 Å². The lowest BCUT2D eigenvalue weighted by molar-refractivity contribution is -0.123. The lowest BCUT2D eigenvalue weighted by Crippen LogP contribution is -2.45. The Morgan fingerprint density at radius 1 is 1.45 bits per heavy atom. The van der Waals surface area contributed by atoms with Crippen LogP contribution in [0.25, 0.3) is 0 Å². The number of rotatable bonds is 5. The van der Waals surface area contributed by atoms with Crippen LogP contribution in [0.1, 0.15) is 26.7 Å². The summed E-state index contributed by atoms with van der Waals surface area (Å²) in [6.07, 6.45) is 1.98. The van der Waals surface area contributed by atoms with Gasteiger partial charge in [-0.3, -0.25) is 9.59 Å². The van der Waals surface area contributed by atoms with E-state index in [0.717, 1.165) is 23.4 Å². The van der Waals surface area contributed by atoms with Gasteiger partial charge in [-0.25, -0.2) is 0 Å². The average Bonchev–Trinajstić information content (AvgIpc) is 2.42. The minimum Gasteiger partial charge on any atom is -0.352 e. The fourth-order valence-corrected chi connectivity index (χ4v) is 3.23. The van der Waals surface area contributed by atoms with Crippen molar-refractivity contribution in [2.45, 2.75) is 37.6 Å². The molecule has 1 aromatic rings. The van der Waals surface area contributed by atoms with E-state index < -0.39 is 0 Å². The number of nitrogens with one attached hydrogen (secondary N) is 1. The van der Waals surface area contributed by atoms with Crippen molar-refractivity contribution in [3.05, 3.63) is 24.3 Å². The first kappa shape index (κ1) is 14.9. The fraction of sp³-hybridized carbons (Fsp3) is 0.467. The number of carbonyl (C=O) groups is 2. The SMILES string of the molecule is CCCC(C)NC(=O)CN1C(=O)CSc2ccccc21. The Morgan fingerprint density at radius 3 is 2.95 bits per heavy atom. The third kappa shape index (κ3) is 3.54. The van der Waals surface area contributed by atoms with Crippen molar-refractivity contribution in [2.24, 2.45) is 0 Å². The second-order valence-corrected chi connectivity index (χ2v) is 6.01. The minimum atomic E-state index is -0.0963. The monoisotopic (exact) mass is 292 g/mol. The third-order valence-electron chi connectivity index (χ3n) is 3.24. The summed E-state index contributed by atoms with van der Waals surface area (Å²) in [7, 11) is 0. The van der Waals surface area contributed by atoms with Crippen LogP contribution < -0.4 is 10.2 Å². The Balaban J connectivity index is 2.05. The Hall–Kier alpha value is -1.49. The quantitative estimate of drug-likeness (QED) is 0.907. The first-order valence-corrected chi connectivity index (χ1v) is 7.92. The fourth-order valence-electron chi connectivity index (χ4n) is 2.30. The molecule has 1 heterocycles. The van der Waals surface area contributed by atoms with Crippen molar-refractivity contribution < 1.29 is 9.59 Å². The van der Waals surface area contributed by atoms with E-state index >= 15 is 0 Å². The van der Waals surface area contributed by atoms with Crippen LogP contribution in [0.2, 0.25) is 0 Å². The Bertz CT molecular complexity index is 504. The van der Waals surface area contributed by atoms with Crippen molar-refractivity contribution in [2.75, 3.05) is 17.2 Å². The van der Waals surface area contributed by atoms with Gasteiger partial charge < -0.3 is 10.2 Å². The summed E-state index contributed by atoms with van der Waals surface area (Å²) in [5.74, 6) is 0.294. The van der Waals surface area contributed by atoms with E-state index in [9.17, 15) is 9.59 Å². The van der Waals surface area contributed by atoms with Crippen LogP contribution in [0.3, 0.4) is 0 Å². The number of para-hydroxylation sites is 1. The second kappa shape index (κ2) is 6.79. The molecule has 4 nitrogen and oxygen atoms in total. The van der Waals surface area contributed by atoms with Crippen molar-refractivity contribution in [1.82, 2.24) is 5.32 Å². The Labute approximate surface area is 123 Å². The van der Waals surface area contributed by atoms with Crippen LogP contribution in [0.4, 0.5) is 5.69 Å². The normalized spacial score (nSPS) is 15.7. The van der Waals surface area contributed by atoms with Crippen LogP contribution >= 0.6 is 11.8 Å². The zero-order chi connectivity index (χ0) is 14.5. The molecule has 1 unspecified atom stereocenters. The highest BCUT2D eigenvalue weighted by Gasteiger charge is 2.26. The van der Waals surface area contributed by atoms with E-state index in [-0.39, 0.29) is 24.4 Å². The van der Waals surface area contributed by atoms with Gasteiger partial charge in [0.1, 0.15) is 6.54 Å². The highest BCUT2D eigenvalue weighted by Crippen LogP contribution is 2.34. The van der Waals surface area contributed by atoms with E-state index in [1.165, 1.54) is 11.8 Å². The van der Waals surface area contributed by atoms with Gasteiger partial charge in [0.05, 0.1) is 11.4 Å². The van der Waals surface area contributed by atoms with Gasteiger partial charge >= 0.3 is 0 Å². The molecule has 0 aliphatic carbocycles. The summed E-state index contributed by atoms with van der Waals surface area (Å²) in [6.45, 7) is 4.18. The molecule has 1 atom stereocenters. The highest BCUT2D eigenvalue weighted by molar-refractivity contribution is 8.00. The molecular formula is C15H20N2O2S. The first-order chi connectivity index (χ1) is 9.61. The number of nitrogens with zero attached hydrogens (tertiary/aromatic N) is 1. The number of hydrogen-bond donors (Lipinski definition) is 1. The zero-order valence-corrected chi connectivity index (χ0v) is 12.7. The summed E-state index contributed by atoms with van der Waals surface area (Å²) in [6, 6.07) is 7.86. The van der Waals surface area contributed by atoms with Gasteiger partial charge in [0, 0.05) is 10.9 Å². The number of thioether (sulfide) groups is 1. The molecule has 20 heavy (non-hydrogen) atoms. The smallest absolute Gasteiger partial charge is 0.240 e. The van der Waals surface area contributed by atoms with E-state index in [4.69, 9.17) is 0 Å². The zero-order valence-electron chi connectivity index (χ0n) is 11.9. The van der Waals surface area contributed by atoms with Gasteiger partial charge in [0.25, 0.3) is 0 Å². The van der Waals surface area contributed by atoms with Crippen molar-refractivity contribution in [1.29, 1.82) is 0 Å². The van der Waals surface area contributed by atoms with Crippen molar-refractivity contribution in [3.63, 3.8) is 0 Å². The summed E-state index contributed by atoms with van der Waals surface area (Å²) in [4.78, 5) is 26.7. The molecule has 108 valence electrons. The number of carbonyl (C=O) groups excluding carboxylic acids is 2. The molecular weight excluding hydrogens is 272 g/mol.